The van der Waals surface area contributed by atoms with Gasteiger partial charge in [-0.05, 0) is 40.4 Å². The molecule has 1 unspecified atom stereocenters. The molecule has 19 heavy (non-hydrogen) atoms. The summed E-state index contributed by atoms with van der Waals surface area (Å²) in [6.07, 6.45) is 2.54. The van der Waals surface area contributed by atoms with Crippen LogP contribution in [-0.2, 0) is 9.84 Å². The third-order valence-corrected chi connectivity index (χ3v) is 5.48. The molecule has 6 nitrogen and oxygen atoms in total. The van der Waals surface area contributed by atoms with Gasteiger partial charge in [-0.15, -0.1) is 5.10 Å². The molecule has 0 spiro atoms. The number of aromatic nitrogens is 3. The van der Waals surface area contributed by atoms with E-state index in [0.29, 0.717) is 24.7 Å². The Morgan fingerprint density at radius 2 is 2.32 bits per heavy atom. The monoisotopic (exact) mass is 344 g/mol. The van der Waals surface area contributed by atoms with E-state index < -0.39 is 9.84 Å². The highest BCUT2D eigenvalue weighted by molar-refractivity contribution is 9.10. The molecular weight excluding hydrogens is 332 g/mol. The Bertz CT molecular complexity index is 713. The Morgan fingerprint density at radius 3 is 3.05 bits per heavy atom. The van der Waals surface area contributed by atoms with Gasteiger partial charge in [0.15, 0.2) is 15.5 Å². The fourth-order valence-electron chi connectivity index (χ4n) is 2.20. The lowest BCUT2D eigenvalue weighted by atomic mass is 10.1. The van der Waals surface area contributed by atoms with Gasteiger partial charge >= 0.3 is 0 Å². The lowest BCUT2D eigenvalue weighted by Crippen LogP contribution is -2.16. The van der Waals surface area contributed by atoms with Crippen molar-refractivity contribution in [3.63, 3.8) is 0 Å². The molecule has 0 amide bonds. The van der Waals surface area contributed by atoms with E-state index in [4.69, 9.17) is 0 Å². The quantitative estimate of drug-likeness (QED) is 0.909. The third kappa shape index (κ3) is 2.89. The van der Waals surface area contributed by atoms with Crippen LogP contribution in [0.2, 0.25) is 0 Å². The molecule has 1 atom stereocenters. The summed E-state index contributed by atoms with van der Waals surface area (Å²) >= 11 is 3.37. The highest BCUT2D eigenvalue weighted by Crippen LogP contribution is 2.19. The lowest BCUT2D eigenvalue weighted by Gasteiger charge is -2.06. The Morgan fingerprint density at radius 1 is 1.47 bits per heavy atom. The van der Waals surface area contributed by atoms with Gasteiger partial charge in [0.25, 0.3) is 0 Å². The SMILES string of the molecule is O=S1(=O)CCC(CNc2nc3ccc(Br)cn3n2)C1. The molecule has 0 aliphatic carbocycles. The maximum atomic E-state index is 11.4. The van der Waals surface area contributed by atoms with E-state index in [1.807, 2.05) is 18.3 Å². The maximum absolute atomic E-state index is 11.4. The molecule has 1 aliphatic rings. The zero-order valence-electron chi connectivity index (χ0n) is 10.1. The number of rotatable bonds is 3. The van der Waals surface area contributed by atoms with Crippen molar-refractivity contribution < 1.29 is 8.42 Å². The smallest absolute Gasteiger partial charge is 0.243 e. The van der Waals surface area contributed by atoms with Gasteiger partial charge in [-0.25, -0.2) is 12.9 Å². The number of halogens is 1. The van der Waals surface area contributed by atoms with Crippen LogP contribution in [0.4, 0.5) is 5.95 Å². The van der Waals surface area contributed by atoms with Crippen molar-refractivity contribution in [1.29, 1.82) is 0 Å². The van der Waals surface area contributed by atoms with Crippen LogP contribution in [0.25, 0.3) is 5.65 Å². The van der Waals surface area contributed by atoms with E-state index in [2.05, 4.69) is 31.3 Å². The van der Waals surface area contributed by atoms with Gasteiger partial charge in [-0.1, -0.05) is 0 Å². The lowest BCUT2D eigenvalue weighted by molar-refractivity contribution is 0.595. The van der Waals surface area contributed by atoms with Crippen LogP contribution < -0.4 is 5.32 Å². The summed E-state index contributed by atoms with van der Waals surface area (Å²) in [5.74, 6) is 1.25. The molecule has 1 N–H and O–H groups in total. The van der Waals surface area contributed by atoms with E-state index in [1.165, 1.54) is 0 Å². The van der Waals surface area contributed by atoms with E-state index >= 15 is 0 Å². The van der Waals surface area contributed by atoms with Crippen LogP contribution in [0, 0.1) is 5.92 Å². The largest absolute Gasteiger partial charge is 0.353 e. The average molecular weight is 345 g/mol. The zero-order chi connectivity index (χ0) is 13.5. The molecule has 0 radical (unpaired) electrons. The first-order chi connectivity index (χ1) is 9.02. The van der Waals surface area contributed by atoms with Crippen LogP contribution in [0.5, 0.6) is 0 Å². The standard InChI is InChI=1S/C11H13BrN4O2S/c12-9-1-2-10-14-11(15-16(10)6-9)13-5-8-3-4-19(17,18)7-8/h1-2,6,8H,3-5,7H2,(H,13,15). The van der Waals surface area contributed by atoms with Gasteiger partial charge in [-0.3, -0.25) is 0 Å². The first-order valence-electron chi connectivity index (χ1n) is 5.98. The average Bonchev–Trinajstić information content (AvgIpc) is 2.89. The third-order valence-electron chi connectivity index (χ3n) is 3.17. The molecular formula is C11H13BrN4O2S. The molecule has 8 heteroatoms. The van der Waals surface area contributed by atoms with Gasteiger partial charge in [0.1, 0.15) is 0 Å². The summed E-state index contributed by atoms with van der Waals surface area (Å²) in [6.45, 7) is 0.595. The van der Waals surface area contributed by atoms with Crippen LogP contribution in [0.15, 0.2) is 22.8 Å². The van der Waals surface area contributed by atoms with Crippen molar-refractivity contribution in [2.75, 3.05) is 23.4 Å². The summed E-state index contributed by atoms with van der Waals surface area (Å²) in [4.78, 5) is 4.32. The second-order valence-corrected chi connectivity index (χ2v) is 7.88. The zero-order valence-corrected chi connectivity index (χ0v) is 12.5. The van der Waals surface area contributed by atoms with Crippen LogP contribution >= 0.6 is 15.9 Å². The predicted molar refractivity (Wildman–Crippen MR) is 75.9 cm³/mol. The predicted octanol–water partition coefficient (Wildman–Crippen LogP) is 1.34. The molecule has 1 aliphatic heterocycles. The van der Waals surface area contributed by atoms with Gasteiger partial charge < -0.3 is 5.32 Å². The number of sulfone groups is 1. The maximum Gasteiger partial charge on any atom is 0.243 e. The number of hydrogen-bond acceptors (Lipinski definition) is 5. The molecule has 1 fully saturated rings. The molecule has 0 bridgehead atoms. The summed E-state index contributed by atoms with van der Waals surface area (Å²) < 4.78 is 25.3. The Balaban J connectivity index is 1.69. The molecule has 2 aromatic rings. The highest BCUT2D eigenvalue weighted by atomic mass is 79.9. The summed E-state index contributed by atoms with van der Waals surface area (Å²) in [6, 6.07) is 3.76. The van der Waals surface area contributed by atoms with E-state index in [9.17, 15) is 8.42 Å². The van der Waals surface area contributed by atoms with Gasteiger partial charge in [0, 0.05) is 17.2 Å². The fourth-order valence-corrected chi connectivity index (χ4v) is 4.39. The van der Waals surface area contributed by atoms with Crippen LogP contribution in [0.1, 0.15) is 6.42 Å². The second kappa shape index (κ2) is 4.75. The first kappa shape index (κ1) is 12.9. The number of nitrogens with one attached hydrogen (secondary N) is 1. The number of hydrogen-bond donors (Lipinski definition) is 1. The number of pyridine rings is 1. The Kier molecular flexibility index (Phi) is 3.22. The minimum absolute atomic E-state index is 0.156. The molecule has 0 aromatic carbocycles. The number of fused-ring (bicyclic) bond motifs is 1. The van der Waals surface area contributed by atoms with Gasteiger partial charge in [-0.2, -0.15) is 4.98 Å². The molecule has 3 heterocycles. The van der Waals surface area contributed by atoms with Gasteiger partial charge in [0.05, 0.1) is 11.5 Å². The number of nitrogens with zero attached hydrogens (tertiary/aromatic N) is 3. The van der Waals surface area contributed by atoms with Crippen molar-refractivity contribution in [1.82, 2.24) is 14.6 Å². The Hall–Kier alpha value is -1.15. The second-order valence-electron chi connectivity index (χ2n) is 4.74. The summed E-state index contributed by atoms with van der Waals surface area (Å²) in [7, 11) is -2.82. The molecule has 3 rings (SSSR count). The van der Waals surface area contributed by atoms with Crippen molar-refractivity contribution >= 4 is 37.4 Å². The molecule has 2 aromatic heterocycles. The fraction of sp³-hybridized carbons (Fsp3) is 0.455. The molecule has 1 saturated heterocycles. The van der Waals surface area contributed by atoms with Crippen molar-refractivity contribution in [2.24, 2.45) is 5.92 Å². The number of anilines is 1. The Labute approximate surface area is 119 Å². The minimum Gasteiger partial charge on any atom is -0.353 e. The van der Waals surface area contributed by atoms with Crippen molar-refractivity contribution in [3.8, 4) is 0 Å². The van der Waals surface area contributed by atoms with Crippen LogP contribution in [0.3, 0.4) is 0 Å². The topological polar surface area (TPSA) is 76.4 Å². The van der Waals surface area contributed by atoms with Gasteiger partial charge in [0.2, 0.25) is 5.95 Å². The van der Waals surface area contributed by atoms with E-state index in [-0.39, 0.29) is 11.7 Å². The van der Waals surface area contributed by atoms with Crippen LogP contribution in [-0.4, -0.2) is 41.1 Å². The molecule has 102 valence electrons. The minimum atomic E-state index is -2.82. The normalized spacial score (nSPS) is 21.8. The summed E-state index contributed by atoms with van der Waals surface area (Å²) in [5.41, 5.74) is 0.754. The first-order valence-corrected chi connectivity index (χ1v) is 8.59. The van der Waals surface area contributed by atoms with Crippen molar-refractivity contribution in [3.05, 3.63) is 22.8 Å². The summed E-state index contributed by atoms with van der Waals surface area (Å²) in [5, 5.41) is 7.40. The molecule has 0 saturated carbocycles. The van der Waals surface area contributed by atoms with E-state index in [1.54, 1.807) is 4.52 Å². The highest BCUT2D eigenvalue weighted by Gasteiger charge is 2.27. The van der Waals surface area contributed by atoms with E-state index in [0.717, 1.165) is 10.1 Å². The van der Waals surface area contributed by atoms with Crippen molar-refractivity contribution in [2.45, 2.75) is 6.42 Å².